The maximum Gasteiger partial charge on any atom is 0.323 e. The molecule has 3 aromatic rings. The largest absolute Gasteiger partial charge is 0.494 e. The smallest absolute Gasteiger partial charge is 0.323 e. The number of thiophene rings is 1. The van der Waals surface area contributed by atoms with E-state index in [1.165, 1.54) is 19.2 Å². The molecule has 0 aliphatic carbocycles. The minimum Gasteiger partial charge on any atom is -0.494 e. The van der Waals surface area contributed by atoms with Crippen LogP contribution in [0.2, 0.25) is 0 Å². The van der Waals surface area contributed by atoms with Crippen molar-refractivity contribution in [1.29, 1.82) is 0 Å². The third-order valence-electron chi connectivity index (χ3n) is 2.96. The van der Waals surface area contributed by atoms with Crippen molar-refractivity contribution in [1.82, 2.24) is 15.0 Å². The van der Waals surface area contributed by atoms with E-state index in [2.05, 4.69) is 20.3 Å². The van der Waals surface area contributed by atoms with Crippen LogP contribution < -0.4 is 20.5 Å². The van der Waals surface area contributed by atoms with Crippen molar-refractivity contribution in [3.05, 3.63) is 46.4 Å². The van der Waals surface area contributed by atoms with Crippen molar-refractivity contribution in [2.75, 3.05) is 18.2 Å². The molecule has 0 amide bonds. The van der Waals surface area contributed by atoms with Gasteiger partial charge in [0.05, 0.1) is 7.11 Å². The summed E-state index contributed by atoms with van der Waals surface area (Å²) in [7, 11) is 1.40. The van der Waals surface area contributed by atoms with Gasteiger partial charge in [0.25, 0.3) is 0 Å². The van der Waals surface area contributed by atoms with Gasteiger partial charge in [-0.25, -0.2) is 4.39 Å². The van der Waals surface area contributed by atoms with Gasteiger partial charge >= 0.3 is 6.01 Å². The minimum absolute atomic E-state index is 0.00247. The van der Waals surface area contributed by atoms with E-state index in [4.69, 9.17) is 15.2 Å². The Morgan fingerprint density at radius 3 is 2.83 bits per heavy atom. The van der Waals surface area contributed by atoms with Gasteiger partial charge in [-0.1, -0.05) is 6.07 Å². The molecule has 7 nitrogen and oxygen atoms in total. The summed E-state index contributed by atoms with van der Waals surface area (Å²) < 4.78 is 24.1. The molecule has 2 aromatic heterocycles. The molecule has 9 heteroatoms. The normalized spacial score (nSPS) is 10.4. The lowest BCUT2D eigenvalue weighted by Crippen LogP contribution is -2.07. The van der Waals surface area contributed by atoms with Crippen LogP contribution in [0.3, 0.4) is 0 Å². The van der Waals surface area contributed by atoms with Gasteiger partial charge in [0.2, 0.25) is 11.9 Å². The molecule has 1 aromatic carbocycles. The Balaban J connectivity index is 1.74. The fourth-order valence-electron chi connectivity index (χ4n) is 1.90. The van der Waals surface area contributed by atoms with E-state index >= 15 is 0 Å². The summed E-state index contributed by atoms with van der Waals surface area (Å²) in [4.78, 5) is 13.0. The predicted molar refractivity (Wildman–Crippen MR) is 89.1 cm³/mol. The lowest BCUT2D eigenvalue weighted by atomic mass is 10.3. The summed E-state index contributed by atoms with van der Waals surface area (Å²) >= 11 is 1.56. The fraction of sp³-hybridized carbons (Fsp3) is 0.133. The minimum atomic E-state index is -0.501. The van der Waals surface area contributed by atoms with Gasteiger partial charge in [-0.15, -0.1) is 11.3 Å². The number of methoxy groups -OCH3 is 1. The first-order valence-corrected chi connectivity index (χ1v) is 7.79. The number of benzene rings is 1. The van der Waals surface area contributed by atoms with Crippen molar-refractivity contribution in [2.45, 2.75) is 6.61 Å². The van der Waals surface area contributed by atoms with Crippen molar-refractivity contribution in [3.63, 3.8) is 0 Å². The fourth-order valence-corrected chi connectivity index (χ4v) is 2.51. The summed E-state index contributed by atoms with van der Waals surface area (Å²) in [5.41, 5.74) is 6.11. The quantitative estimate of drug-likeness (QED) is 0.708. The van der Waals surface area contributed by atoms with Gasteiger partial charge in [0.1, 0.15) is 6.61 Å². The van der Waals surface area contributed by atoms with Crippen molar-refractivity contribution in [3.8, 4) is 11.8 Å². The molecule has 0 aliphatic rings. The Morgan fingerprint density at radius 2 is 2.12 bits per heavy atom. The second-order valence-corrected chi connectivity index (χ2v) is 5.67. The van der Waals surface area contributed by atoms with Gasteiger partial charge in [0, 0.05) is 16.6 Å². The molecule has 24 heavy (non-hydrogen) atoms. The average molecular weight is 347 g/mol. The van der Waals surface area contributed by atoms with Crippen molar-refractivity contribution >= 4 is 28.9 Å². The second kappa shape index (κ2) is 7.09. The lowest BCUT2D eigenvalue weighted by Gasteiger charge is -2.09. The molecule has 0 aliphatic heterocycles. The maximum atomic E-state index is 13.7. The molecule has 2 heterocycles. The van der Waals surface area contributed by atoms with E-state index in [0.717, 1.165) is 4.88 Å². The van der Waals surface area contributed by atoms with E-state index in [-0.39, 0.29) is 23.7 Å². The summed E-state index contributed by atoms with van der Waals surface area (Å²) in [5.74, 6) is -0.190. The molecule has 0 spiro atoms. The summed E-state index contributed by atoms with van der Waals surface area (Å²) in [5, 5.41) is 4.81. The number of nitrogens with two attached hydrogens (primary N) is 1. The molecule has 0 saturated heterocycles. The van der Waals surface area contributed by atoms with E-state index in [1.54, 1.807) is 17.4 Å². The van der Waals surface area contributed by atoms with Gasteiger partial charge in [0.15, 0.2) is 11.6 Å². The highest BCUT2D eigenvalue weighted by Crippen LogP contribution is 2.23. The van der Waals surface area contributed by atoms with Crippen LogP contribution in [0.15, 0.2) is 35.7 Å². The Bertz CT molecular complexity index is 829. The van der Waals surface area contributed by atoms with Crippen LogP contribution >= 0.6 is 11.3 Å². The first-order valence-electron chi connectivity index (χ1n) is 6.91. The summed E-state index contributed by atoms with van der Waals surface area (Å²) in [6.45, 7) is 0.331. The summed E-state index contributed by atoms with van der Waals surface area (Å²) in [6.07, 6.45) is 0. The standard InChI is InChI=1S/C15H14FN5O2S/c1-22-12-5-4-9(7-11(12)16)18-14-19-13(17)20-15(21-14)23-8-10-3-2-6-24-10/h2-7H,8H2,1H3,(H3,17,18,19,20,21). The molecule has 0 fully saturated rings. The Morgan fingerprint density at radius 1 is 1.25 bits per heavy atom. The van der Waals surface area contributed by atoms with Crippen LogP contribution in [0.1, 0.15) is 4.88 Å². The zero-order valence-corrected chi connectivity index (χ0v) is 13.5. The van der Waals surface area contributed by atoms with E-state index in [1.807, 2.05) is 17.5 Å². The monoisotopic (exact) mass is 347 g/mol. The number of rotatable bonds is 6. The molecular formula is C15H14FN5O2S. The number of anilines is 3. The lowest BCUT2D eigenvalue weighted by molar-refractivity contribution is 0.284. The van der Waals surface area contributed by atoms with E-state index in [0.29, 0.717) is 12.3 Å². The molecule has 0 unspecified atom stereocenters. The Labute approximate surface area is 141 Å². The number of nitrogens with one attached hydrogen (secondary N) is 1. The molecule has 124 valence electrons. The van der Waals surface area contributed by atoms with Crippen LogP contribution in [-0.4, -0.2) is 22.1 Å². The molecule has 0 radical (unpaired) electrons. The van der Waals surface area contributed by atoms with Gasteiger partial charge in [-0.05, 0) is 23.6 Å². The molecule has 0 atom stereocenters. The topological polar surface area (TPSA) is 95.2 Å². The van der Waals surface area contributed by atoms with Crippen LogP contribution in [-0.2, 0) is 6.61 Å². The molecule has 0 saturated carbocycles. The average Bonchev–Trinajstić information content (AvgIpc) is 3.06. The van der Waals surface area contributed by atoms with Gasteiger partial charge < -0.3 is 20.5 Å². The number of halogens is 1. The number of nitrogens with zero attached hydrogens (tertiary/aromatic N) is 3. The highest BCUT2D eigenvalue weighted by molar-refractivity contribution is 7.09. The maximum absolute atomic E-state index is 13.7. The summed E-state index contributed by atoms with van der Waals surface area (Å²) in [6, 6.07) is 8.35. The van der Waals surface area contributed by atoms with E-state index < -0.39 is 5.82 Å². The number of hydrogen-bond acceptors (Lipinski definition) is 8. The second-order valence-electron chi connectivity index (χ2n) is 4.64. The highest BCUT2D eigenvalue weighted by atomic mass is 32.1. The highest BCUT2D eigenvalue weighted by Gasteiger charge is 2.09. The van der Waals surface area contributed by atoms with E-state index in [9.17, 15) is 4.39 Å². The molecule has 3 rings (SSSR count). The van der Waals surface area contributed by atoms with Crippen LogP contribution in [0.5, 0.6) is 11.8 Å². The number of aromatic nitrogens is 3. The molecule has 0 bridgehead atoms. The van der Waals surface area contributed by atoms with Gasteiger partial charge in [-0.2, -0.15) is 15.0 Å². The SMILES string of the molecule is COc1ccc(Nc2nc(N)nc(OCc3cccs3)n2)cc1F. The molecular weight excluding hydrogens is 333 g/mol. The van der Waals surface area contributed by atoms with Crippen molar-refractivity contribution in [2.24, 2.45) is 0 Å². The number of hydrogen-bond donors (Lipinski definition) is 2. The molecule has 3 N–H and O–H groups in total. The Hall–Kier alpha value is -2.94. The third-order valence-corrected chi connectivity index (χ3v) is 3.81. The third kappa shape index (κ3) is 3.87. The first-order chi connectivity index (χ1) is 11.6. The van der Waals surface area contributed by atoms with Crippen LogP contribution in [0.4, 0.5) is 22.0 Å². The zero-order chi connectivity index (χ0) is 16.9. The predicted octanol–water partition coefficient (Wildman–Crippen LogP) is 2.99. The van der Waals surface area contributed by atoms with Gasteiger partial charge in [-0.3, -0.25) is 0 Å². The van der Waals surface area contributed by atoms with Crippen LogP contribution in [0, 0.1) is 5.82 Å². The first kappa shape index (κ1) is 15.9. The number of ether oxygens (including phenoxy) is 2. The number of nitrogen functional groups attached to an aromatic ring is 1. The van der Waals surface area contributed by atoms with Crippen molar-refractivity contribution < 1.29 is 13.9 Å². The zero-order valence-electron chi connectivity index (χ0n) is 12.7. The Kier molecular flexibility index (Phi) is 4.71. The van der Waals surface area contributed by atoms with Crippen LogP contribution in [0.25, 0.3) is 0 Å².